The van der Waals surface area contributed by atoms with Crippen molar-refractivity contribution in [1.82, 2.24) is 5.32 Å². The number of rotatable bonds is 3. The Kier molecular flexibility index (Phi) is 3.32. The quantitative estimate of drug-likeness (QED) is 0.844. The molecule has 1 aromatic carbocycles. The van der Waals surface area contributed by atoms with Crippen LogP contribution in [-0.4, -0.2) is 24.5 Å². The Bertz CT molecular complexity index is 485. The molecular weight excluding hydrogens is 339 g/mol. The predicted octanol–water partition coefficient (Wildman–Crippen LogP) is 2.46. The first-order chi connectivity index (χ1) is 8.65. The van der Waals surface area contributed by atoms with Crippen molar-refractivity contribution < 1.29 is 4.79 Å². The molecule has 1 N–H and O–H groups in total. The molecule has 1 saturated carbocycles. The van der Waals surface area contributed by atoms with Gasteiger partial charge in [-0.3, -0.25) is 4.79 Å². The zero-order chi connectivity index (χ0) is 12.7. The molecular formula is C14H17IN2O. The fourth-order valence-electron chi connectivity index (χ4n) is 2.38. The number of amides is 1. The van der Waals surface area contributed by atoms with Crippen molar-refractivity contribution in [2.24, 2.45) is 0 Å². The van der Waals surface area contributed by atoms with E-state index in [0.717, 1.165) is 18.7 Å². The van der Waals surface area contributed by atoms with Crippen molar-refractivity contribution in [1.29, 1.82) is 0 Å². The Morgan fingerprint density at radius 1 is 1.33 bits per heavy atom. The average molecular weight is 356 g/mol. The molecule has 3 rings (SSSR count). The lowest BCUT2D eigenvalue weighted by molar-refractivity contribution is -0.118. The van der Waals surface area contributed by atoms with Gasteiger partial charge in [-0.05, 0) is 66.5 Å². The number of nitrogens with zero attached hydrogens (tertiary/aromatic N) is 1. The summed E-state index contributed by atoms with van der Waals surface area (Å²) in [5.41, 5.74) is 2.30. The van der Waals surface area contributed by atoms with Crippen LogP contribution < -0.4 is 10.2 Å². The summed E-state index contributed by atoms with van der Waals surface area (Å²) >= 11 is 2.33. The predicted molar refractivity (Wildman–Crippen MR) is 80.8 cm³/mol. The maximum absolute atomic E-state index is 12.3. The molecule has 2 fully saturated rings. The SMILES string of the molecule is Cc1ccc(N2CCC(NC3CC3)C2=O)cc1I. The van der Waals surface area contributed by atoms with E-state index in [1.54, 1.807) is 0 Å². The topological polar surface area (TPSA) is 32.3 Å². The van der Waals surface area contributed by atoms with E-state index in [2.05, 4.69) is 53.0 Å². The van der Waals surface area contributed by atoms with Gasteiger partial charge in [0.25, 0.3) is 0 Å². The fraction of sp³-hybridized carbons (Fsp3) is 0.500. The highest BCUT2D eigenvalue weighted by Crippen LogP contribution is 2.27. The van der Waals surface area contributed by atoms with Crippen molar-refractivity contribution in [3.05, 3.63) is 27.3 Å². The third-order valence-corrected chi connectivity index (χ3v) is 4.85. The van der Waals surface area contributed by atoms with Crippen molar-refractivity contribution >= 4 is 34.2 Å². The maximum atomic E-state index is 12.3. The molecule has 1 atom stereocenters. The number of hydrogen-bond donors (Lipinski definition) is 1. The van der Waals surface area contributed by atoms with Crippen LogP contribution in [0.25, 0.3) is 0 Å². The Labute approximate surface area is 121 Å². The minimum atomic E-state index is 0.0384. The molecule has 1 aliphatic carbocycles. The first-order valence-electron chi connectivity index (χ1n) is 6.49. The van der Waals surface area contributed by atoms with Crippen molar-refractivity contribution in [3.63, 3.8) is 0 Å². The number of halogens is 1. The molecule has 0 bridgehead atoms. The minimum Gasteiger partial charge on any atom is -0.311 e. The summed E-state index contributed by atoms with van der Waals surface area (Å²) < 4.78 is 1.22. The number of aryl methyl sites for hydroxylation is 1. The zero-order valence-electron chi connectivity index (χ0n) is 10.4. The average Bonchev–Trinajstić information content (AvgIpc) is 3.09. The number of carbonyl (C=O) groups excluding carboxylic acids is 1. The minimum absolute atomic E-state index is 0.0384. The van der Waals surface area contributed by atoms with E-state index in [-0.39, 0.29) is 11.9 Å². The van der Waals surface area contributed by atoms with Gasteiger partial charge in [0.05, 0.1) is 6.04 Å². The molecule has 0 spiro atoms. The summed E-state index contributed by atoms with van der Waals surface area (Å²) in [5.74, 6) is 0.238. The second kappa shape index (κ2) is 4.81. The summed E-state index contributed by atoms with van der Waals surface area (Å²) in [6, 6.07) is 6.88. The molecule has 18 heavy (non-hydrogen) atoms. The Balaban J connectivity index is 1.76. The number of carbonyl (C=O) groups is 1. The third kappa shape index (κ3) is 2.40. The number of hydrogen-bond acceptors (Lipinski definition) is 2. The van der Waals surface area contributed by atoms with Gasteiger partial charge in [0, 0.05) is 21.8 Å². The zero-order valence-corrected chi connectivity index (χ0v) is 12.6. The lowest BCUT2D eigenvalue weighted by Crippen LogP contribution is -2.39. The maximum Gasteiger partial charge on any atom is 0.244 e. The molecule has 1 aliphatic heterocycles. The molecule has 1 heterocycles. The number of benzene rings is 1. The van der Waals surface area contributed by atoms with Crippen LogP contribution >= 0.6 is 22.6 Å². The fourth-order valence-corrected chi connectivity index (χ4v) is 2.87. The highest BCUT2D eigenvalue weighted by Gasteiger charge is 2.36. The molecule has 2 aliphatic rings. The highest BCUT2D eigenvalue weighted by atomic mass is 127. The van der Waals surface area contributed by atoms with E-state index >= 15 is 0 Å². The molecule has 3 nitrogen and oxygen atoms in total. The molecule has 4 heteroatoms. The van der Waals surface area contributed by atoms with Gasteiger partial charge in [0.2, 0.25) is 5.91 Å². The van der Waals surface area contributed by atoms with Crippen molar-refractivity contribution in [2.45, 2.75) is 38.3 Å². The second-order valence-electron chi connectivity index (χ2n) is 5.21. The van der Waals surface area contributed by atoms with E-state index in [1.807, 2.05) is 4.90 Å². The first kappa shape index (κ1) is 12.4. The van der Waals surface area contributed by atoms with E-state index in [9.17, 15) is 4.79 Å². The van der Waals surface area contributed by atoms with Crippen LogP contribution in [0.3, 0.4) is 0 Å². The van der Waals surface area contributed by atoms with Gasteiger partial charge < -0.3 is 10.2 Å². The summed E-state index contributed by atoms with van der Waals surface area (Å²) in [7, 11) is 0. The van der Waals surface area contributed by atoms with Crippen LogP contribution in [0.4, 0.5) is 5.69 Å². The van der Waals surface area contributed by atoms with Crippen molar-refractivity contribution in [2.75, 3.05) is 11.4 Å². The van der Waals surface area contributed by atoms with Crippen LogP contribution in [-0.2, 0) is 4.79 Å². The van der Waals surface area contributed by atoms with Crippen LogP contribution in [0.5, 0.6) is 0 Å². The van der Waals surface area contributed by atoms with Gasteiger partial charge >= 0.3 is 0 Å². The Hall–Kier alpha value is -0.620. The van der Waals surface area contributed by atoms with E-state index in [4.69, 9.17) is 0 Å². The van der Waals surface area contributed by atoms with Crippen molar-refractivity contribution in [3.8, 4) is 0 Å². The van der Waals surface area contributed by atoms with E-state index in [0.29, 0.717) is 6.04 Å². The van der Waals surface area contributed by atoms with Gasteiger partial charge in [-0.1, -0.05) is 6.07 Å². The van der Waals surface area contributed by atoms with Gasteiger partial charge in [-0.2, -0.15) is 0 Å². The van der Waals surface area contributed by atoms with E-state index < -0.39 is 0 Å². The highest BCUT2D eigenvalue weighted by molar-refractivity contribution is 14.1. The smallest absolute Gasteiger partial charge is 0.244 e. The molecule has 1 unspecified atom stereocenters. The van der Waals surface area contributed by atoms with Gasteiger partial charge in [-0.15, -0.1) is 0 Å². The van der Waals surface area contributed by atoms with Crippen LogP contribution in [0.15, 0.2) is 18.2 Å². The standard InChI is InChI=1S/C14H17IN2O/c1-9-2-5-11(8-12(9)15)17-7-6-13(14(17)18)16-10-3-4-10/h2,5,8,10,13,16H,3-4,6-7H2,1H3. The third-order valence-electron chi connectivity index (χ3n) is 3.69. The lowest BCUT2D eigenvalue weighted by Gasteiger charge is -2.18. The van der Waals surface area contributed by atoms with Gasteiger partial charge in [0.1, 0.15) is 0 Å². The summed E-state index contributed by atoms with van der Waals surface area (Å²) in [5, 5.41) is 3.44. The monoisotopic (exact) mass is 356 g/mol. The first-order valence-corrected chi connectivity index (χ1v) is 7.56. The van der Waals surface area contributed by atoms with Crippen LogP contribution in [0.1, 0.15) is 24.8 Å². The van der Waals surface area contributed by atoms with Gasteiger partial charge in [-0.25, -0.2) is 0 Å². The second-order valence-corrected chi connectivity index (χ2v) is 6.37. The van der Waals surface area contributed by atoms with Crippen LogP contribution in [0, 0.1) is 10.5 Å². The summed E-state index contributed by atoms with van der Waals surface area (Å²) in [6.07, 6.45) is 3.39. The number of anilines is 1. The summed E-state index contributed by atoms with van der Waals surface area (Å²) in [6.45, 7) is 2.93. The summed E-state index contributed by atoms with van der Waals surface area (Å²) in [4.78, 5) is 14.2. The van der Waals surface area contributed by atoms with Gasteiger partial charge in [0.15, 0.2) is 0 Å². The normalized spacial score (nSPS) is 23.8. The molecule has 96 valence electrons. The van der Waals surface area contributed by atoms with Crippen LogP contribution in [0.2, 0.25) is 0 Å². The largest absolute Gasteiger partial charge is 0.311 e. The molecule has 0 radical (unpaired) electrons. The molecule has 1 aromatic rings. The molecule has 0 aromatic heterocycles. The molecule has 1 amide bonds. The van der Waals surface area contributed by atoms with E-state index in [1.165, 1.54) is 22.0 Å². The molecule has 1 saturated heterocycles. The lowest BCUT2D eigenvalue weighted by atomic mass is 10.2. The number of nitrogens with one attached hydrogen (secondary N) is 1. The Morgan fingerprint density at radius 3 is 2.78 bits per heavy atom. The Morgan fingerprint density at radius 2 is 2.11 bits per heavy atom.